The van der Waals surface area contributed by atoms with Crippen LogP contribution in [-0.2, 0) is 14.3 Å². The van der Waals surface area contributed by atoms with Gasteiger partial charge in [0.25, 0.3) is 0 Å². The van der Waals surface area contributed by atoms with E-state index in [1.165, 1.54) is 0 Å². The second kappa shape index (κ2) is 6.23. The summed E-state index contributed by atoms with van der Waals surface area (Å²) in [5.74, 6) is -0.363. The lowest BCUT2D eigenvalue weighted by Crippen LogP contribution is -2.55. The van der Waals surface area contributed by atoms with E-state index in [9.17, 15) is 4.79 Å². The standard InChI is InChI=1S/C11H19NO3.ClH/c1-8(2)10(13)15-9(3)11(4)7-12-5-6-14-11;/h9,12H,1,5-7H2,2-4H3;1H. The van der Waals surface area contributed by atoms with Crippen molar-refractivity contribution in [3.8, 4) is 0 Å². The first kappa shape index (κ1) is 15.4. The van der Waals surface area contributed by atoms with Gasteiger partial charge in [0.15, 0.2) is 0 Å². The van der Waals surface area contributed by atoms with Crippen LogP contribution in [0.15, 0.2) is 12.2 Å². The zero-order valence-corrected chi connectivity index (χ0v) is 10.9. The molecule has 0 saturated carbocycles. The minimum atomic E-state index is -0.441. The Balaban J connectivity index is 0.00000225. The van der Waals surface area contributed by atoms with Gasteiger partial charge in [0.2, 0.25) is 0 Å². The summed E-state index contributed by atoms with van der Waals surface area (Å²) in [5.41, 5.74) is -0.0298. The molecule has 1 heterocycles. The predicted octanol–water partition coefficient (Wildman–Crippen LogP) is 1.29. The first-order chi connectivity index (χ1) is 6.96. The van der Waals surface area contributed by atoms with Crippen LogP contribution in [0.2, 0.25) is 0 Å². The van der Waals surface area contributed by atoms with Crippen molar-refractivity contribution in [1.29, 1.82) is 0 Å². The van der Waals surface area contributed by atoms with Gasteiger partial charge in [-0.25, -0.2) is 4.79 Å². The monoisotopic (exact) mass is 249 g/mol. The molecule has 5 heteroatoms. The third-order valence-corrected chi connectivity index (χ3v) is 2.68. The highest BCUT2D eigenvalue weighted by Gasteiger charge is 2.36. The van der Waals surface area contributed by atoms with Crippen molar-refractivity contribution in [2.45, 2.75) is 32.5 Å². The number of carbonyl (C=O) groups excluding carboxylic acids is 1. The summed E-state index contributed by atoms with van der Waals surface area (Å²) in [6.07, 6.45) is -0.283. The summed E-state index contributed by atoms with van der Waals surface area (Å²) in [6, 6.07) is 0. The summed E-state index contributed by atoms with van der Waals surface area (Å²) < 4.78 is 10.9. The summed E-state index contributed by atoms with van der Waals surface area (Å²) in [4.78, 5) is 11.3. The molecule has 1 aliphatic rings. The molecule has 1 saturated heterocycles. The van der Waals surface area contributed by atoms with Crippen LogP contribution in [0.1, 0.15) is 20.8 Å². The van der Waals surface area contributed by atoms with Gasteiger partial charge in [-0.05, 0) is 20.8 Å². The molecule has 0 aromatic carbocycles. The number of ether oxygens (including phenoxy) is 2. The van der Waals surface area contributed by atoms with E-state index in [0.29, 0.717) is 18.7 Å². The summed E-state index contributed by atoms with van der Waals surface area (Å²) in [6.45, 7) is 11.1. The van der Waals surface area contributed by atoms with Crippen molar-refractivity contribution in [2.75, 3.05) is 19.7 Å². The minimum Gasteiger partial charge on any atom is -0.456 e. The molecule has 0 aromatic heterocycles. The van der Waals surface area contributed by atoms with Crippen molar-refractivity contribution < 1.29 is 14.3 Å². The van der Waals surface area contributed by atoms with Gasteiger partial charge >= 0.3 is 5.97 Å². The van der Waals surface area contributed by atoms with Crippen LogP contribution in [0.25, 0.3) is 0 Å². The number of nitrogens with one attached hydrogen (secondary N) is 1. The zero-order valence-electron chi connectivity index (χ0n) is 10.0. The van der Waals surface area contributed by atoms with Crippen LogP contribution in [0, 0.1) is 0 Å². The molecule has 4 nitrogen and oxygen atoms in total. The fraction of sp³-hybridized carbons (Fsp3) is 0.727. The average molecular weight is 250 g/mol. The zero-order chi connectivity index (χ0) is 11.5. The summed E-state index contributed by atoms with van der Waals surface area (Å²) in [7, 11) is 0. The molecule has 0 aliphatic carbocycles. The molecule has 2 atom stereocenters. The molecule has 1 N–H and O–H groups in total. The van der Waals surface area contributed by atoms with Crippen LogP contribution in [-0.4, -0.2) is 37.4 Å². The maximum atomic E-state index is 11.3. The maximum Gasteiger partial charge on any atom is 0.333 e. The van der Waals surface area contributed by atoms with Crippen LogP contribution >= 0.6 is 12.4 Å². The number of morpholine rings is 1. The van der Waals surface area contributed by atoms with E-state index >= 15 is 0 Å². The largest absolute Gasteiger partial charge is 0.456 e. The SMILES string of the molecule is C=C(C)C(=O)OC(C)C1(C)CNCCO1.Cl. The molecular weight excluding hydrogens is 230 g/mol. The first-order valence-electron chi connectivity index (χ1n) is 5.17. The van der Waals surface area contributed by atoms with E-state index in [0.717, 1.165) is 6.54 Å². The Hall–Kier alpha value is -0.580. The Bertz CT molecular complexity index is 262. The summed E-state index contributed by atoms with van der Waals surface area (Å²) >= 11 is 0. The second-order valence-corrected chi connectivity index (χ2v) is 4.17. The van der Waals surface area contributed by atoms with Crippen molar-refractivity contribution in [2.24, 2.45) is 0 Å². The average Bonchev–Trinajstić information content (AvgIpc) is 2.18. The van der Waals surface area contributed by atoms with E-state index in [-0.39, 0.29) is 24.5 Å². The van der Waals surface area contributed by atoms with Gasteiger partial charge in [-0.2, -0.15) is 0 Å². The normalized spacial score (nSPS) is 26.4. The predicted molar refractivity (Wildman–Crippen MR) is 64.8 cm³/mol. The molecule has 0 spiro atoms. The Labute approximate surface area is 103 Å². The molecular formula is C11H20ClNO3. The fourth-order valence-corrected chi connectivity index (χ4v) is 1.39. The number of hydrogen-bond acceptors (Lipinski definition) is 4. The first-order valence-corrected chi connectivity index (χ1v) is 5.17. The number of rotatable bonds is 3. The molecule has 94 valence electrons. The molecule has 1 rings (SSSR count). The van der Waals surface area contributed by atoms with Gasteiger partial charge in [0.1, 0.15) is 11.7 Å². The lowest BCUT2D eigenvalue weighted by Gasteiger charge is -2.38. The van der Waals surface area contributed by atoms with Crippen LogP contribution < -0.4 is 5.32 Å². The van der Waals surface area contributed by atoms with E-state index in [1.54, 1.807) is 6.92 Å². The number of esters is 1. The number of hydrogen-bond donors (Lipinski definition) is 1. The lowest BCUT2D eigenvalue weighted by molar-refractivity contribution is -0.168. The smallest absolute Gasteiger partial charge is 0.333 e. The number of carbonyl (C=O) groups is 1. The molecule has 0 bridgehead atoms. The van der Waals surface area contributed by atoms with Crippen molar-refractivity contribution in [1.82, 2.24) is 5.32 Å². The van der Waals surface area contributed by atoms with Crippen LogP contribution in [0.5, 0.6) is 0 Å². The molecule has 16 heavy (non-hydrogen) atoms. The van der Waals surface area contributed by atoms with Crippen LogP contribution in [0.3, 0.4) is 0 Å². The van der Waals surface area contributed by atoms with E-state index in [4.69, 9.17) is 9.47 Å². The molecule has 0 amide bonds. The van der Waals surface area contributed by atoms with Gasteiger partial charge in [0.05, 0.1) is 6.61 Å². The Kier molecular flexibility index (Phi) is 6.00. The lowest BCUT2D eigenvalue weighted by atomic mass is 9.99. The topological polar surface area (TPSA) is 47.6 Å². The molecule has 1 aliphatic heterocycles. The van der Waals surface area contributed by atoms with Crippen molar-refractivity contribution >= 4 is 18.4 Å². The highest BCUT2D eigenvalue weighted by Crippen LogP contribution is 2.20. The molecule has 2 unspecified atom stereocenters. The Morgan fingerprint density at radius 2 is 2.25 bits per heavy atom. The van der Waals surface area contributed by atoms with Crippen molar-refractivity contribution in [3.63, 3.8) is 0 Å². The second-order valence-electron chi connectivity index (χ2n) is 4.17. The highest BCUT2D eigenvalue weighted by atomic mass is 35.5. The molecule has 0 aromatic rings. The van der Waals surface area contributed by atoms with Gasteiger partial charge in [-0.3, -0.25) is 0 Å². The minimum absolute atomic E-state index is 0. The third kappa shape index (κ3) is 3.77. The summed E-state index contributed by atoms with van der Waals surface area (Å²) in [5, 5.41) is 3.22. The molecule has 1 fully saturated rings. The highest BCUT2D eigenvalue weighted by molar-refractivity contribution is 5.87. The van der Waals surface area contributed by atoms with Gasteiger partial charge in [-0.1, -0.05) is 6.58 Å². The quantitative estimate of drug-likeness (QED) is 0.605. The van der Waals surface area contributed by atoms with Crippen LogP contribution in [0.4, 0.5) is 0 Å². The van der Waals surface area contributed by atoms with E-state index < -0.39 is 5.60 Å². The Morgan fingerprint density at radius 3 is 2.69 bits per heavy atom. The van der Waals surface area contributed by atoms with Gasteiger partial charge in [-0.15, -0.1) is 12.4 Å². The van der Waals surface area contributed by atoms with E-state index in [1.807, 2.05) is 13.8 Å². The van der Waals surface area contributed by atoms with Gasteiger partial charge in [0, 0.05) is 18.7 Å². The molecule has 0 radical (unpaired) electrons. The van der Waals surface area contributed by atoms with Crippen molar-refractivity contribution in [3.05, 3.63) is 12.2 Å². The van der Waals surface area contributed by atoms with Gasteiger partial charge < -0.3 is 14.8 Å². The van der Waals surface area contributed by atoms with E-state index in [2.05, 4.69) is 11.9 Å². The third-order valence-electron chi connectivity index (χ3n) is 2.68. The fourth-order valence-electron chi connectivity index (χ4n) is 1.39. The maximum absolute atomic E-state index is 11.3. The number of halogens is 1. The Morgan fingerprint density at radius 1 is 1.62 bits per heavy atom.